The number of unbranched alkanes of at least 4 members (excludes halogenated alkanes) is 1. The highest BCUT2D eigenvalue weighted by atomic mass is 31.3. The van der Waals surface area contributed by atoms with E-state index in [1.165, 1.54) is 161 Å². The van der Waals surface area contributed by atoms with Crippen LogP contribution < -0.4 is 39.2 Å². The summed E-state index contributed by atoms with van der Waals surface area (Å²) in [6.07, 6.45) is 37.1. The number of phosphoric acid groups is 1. The number of phosphoric ester groups is 1. The Morgan fingerprint density at radius 1 is 0.371 bits per heavy atom. The maximum Gasteiger partial charge on any atom is 0.370 e. The number of rotatable bonds is 28. The van der Waals surface area contributed by atoms with Gasteiger partial charge >= 0.3 is 25.7 Å². The highest BCUT2D eigenvalue weighted by Crippen LogP contribution is 2.74. The third kappa shape index (κ3) is 23.9. The van der Waals surface area contributed by atoms with Gasteiger partial charge in [0.2, 0.25) is 0 Å². The van der Waals surface area contributed by atoms with Crippen molar-refractivity contribution in [3.8, 4) is 23.0 Å². The predicted molar refractivity (Wildman–Crippen MR) is 583 cm³/mol. The average Bonchev–Trinajstić information content (AvgIpc) is 1.57. The zero-order chi connectivity index (χ0) is 106. The molecule has 0 bridgehead atoms. The minimum absolute atomic E-state index is 0.0580. The summed E-state index contributed by atoms with van der Waals surface area (Å²) in [6, 6.07) is 16.7. The largest absolute Gasteiger partial charge is 0.778 e. The molecule has 12 aliphatic carbocycles. The molecule has 0 saturated heterocycles. The molecule has 0 aliphatic heterocycles. The summed E-state index contributed by atoms with van der Waals surface area (Å²) < 4.78 is 54.1. The van der Waals surface area contributed by atoms with Gasteiger partial charge < -0.3 is 61.7 Å². The molecule has 4 aromatic carbocycles. The third-order valence-electron chi connectivity index (χ3n) is 41.2. The van der Waals surface area contributed by atoms with Crippen LogP contribution in [0.15, 0.2) is 48.5 Å². The number of likely N-dealkylation sites (N-methyl/N-ethyl adjacent to an activating group) is 2. The fraction of sp³-hybridized carbons (Fsp3) is 0.780. The van der Waals surface area contributed by atoms with Gasteiger partial charge in [0.15, 0.2) is 12.1 Å². The molecule has 0 amide bonds. The van der Waals surface area contributed by atoms with Crippen LogP contribution in [-0.4, -0.2) is 177 Å². The van der Waals surface area contributed by atoms with Gasteiger partial charge in [-0.25, -0.2) is 14.4 Å². The lowest BCUT2D eigenvalue weighted by atomic mass is 9.43. The molecule has 4 aromatic rings. The molecule has 0 radical (unpaired) electrons. The summed E-state index contributed by atoms with van der Waals surface area (Å²) >= 11 is 0. The van der Waals surface area contributed by atoms with E-state index in [9.17, 15) is 33.3 Å². The molecule has 0 aromatic heterocycles. The number of esters is 3. The van der Waals surface area contributed by atoms with Crippen molar-refractivity contribution in [1.82, 2.24) is 10.6 Å². The Kier molecular flexibility index (Phi) is 33.3. The number of fused-ring (bicyclic) bond motifs is 20. The highest BCUT2D eigenvalue weighted by Gasteiger charge is 2.67. The van der Waals surface area contributed by atoms with E-state index in [0.29, 0.717) is 89.2 Å². The minimum atomic E-state index is -5.01. The molecule has 5 unspecified atom stereocenters. The molecule has 12 aliphatic rings. The fourth-order valence-electron chi connectivity index (χ4n) is 35.5. The van der Waals surface area contributed by atoms with Gasteiger partial charge in [-0.15, -0.1) is 0 Å². The molecule has 18 nitrogen and oxygen atoms in total. The van der Waals surface area contributed by atoms with E-state index in [1.54, 1.807) is 28.8 Å². The van der Waals surface area contributed by atoms with Crippen molar-refractivity contribution in [3.63, 3.8) is 0 Å². The van der Waals surface area contributed by atoms with Crippen LogP contribution in [0.3, 0.4) is 0 Å². The number of aryl methyl sites for hydroxylation is 4. The Labute approximate surface area is 869 Å². The van der Waals surface area contributed by atoms with Crippen molar-refractivity contribution < 1.29 is 74.3 Å². The number of hydrogen-bond acceptors (Lipinski definition) is 14. The number of benzene rings is 4. The van der Waals surface area contributed by atoms with E-state index in [0.717, 1.165) is 152 Å². The van der Waals surface area contributed by atoms with Crippen LogP contribution in [0, 0.1) is 118 Å². The Balaban J connectivity index is 0.000000160. The second-order valence-electron chi connectivity index (χ2n) is 58.3. The Hall–Kier alpha value is -4.81. The number of quaternary nitrogens is 4. The van der Waals surface area contributed by atoms with Crippen LogP contribution in [0.2, 0.25) is 0 Å². The first-order valence-corrected chi connectivity index (χ1v) is 60.0. The van der Waals surface area contributed by atoms with Crippen molar-refractivity contribution in [1.29, 1.82) is 0 Å². The highest BCUT2D eigenvalue weighted by molar-refractivity contribution is 7.62. The molecule has 20 heteroatoms. The quantitative estimate of drug-likeness (QED) is 0.0179. The summed E-state index contributed by atoms with van der Waals surface area (Å²) in [5.74, 6) is 7.63. The van der Waals surface area contributed by atoms with Gasteiger partial charge in [-0.3, -0.25) is 8.88 Å². The average molecular weight is 2020 g/mol. The molecule has 0 spiro atoms. The van der Waals surface area contributed by atoms with E-state index in [2.05, 4.69) is 295 Å². The van der Waals surface area contributed by atoms with Crippen molar-refractivity contribution in [2.75, 3.05) is 111 Å². The number of nitrogens with one attached hydrogen (secondary N) is 2. The topological polar surface area (TPSA) is 202 Å². The van der Waals surface area contributed by atoms with E-state index in [-0.39, 0.29) is 74.9 Å². The molecular formula is C123H202N6O12P2+2. The van der Waals surface area contributed by atoms with Crippen LogP contribution in [0.5, 0.6) is 23.0 Å². The van der Waals surface area contributed by atoms with E-state index in [1.807, 2.05) is 6.92 Å². The summed E-state index contributed by atoms with van der Waals surface area (Å²) in [5.41, 5.74) is 20.1. The van der Waals surface area contributed by atoms with E-state index < -0.39 is 15.4 Å². The number of carbonyl (C=O) groups excluding carboxylic acids is 3. The third-order valence-corrected chi connectivity index (χ3v) is 43.6. The summed E-state index contributed by atoms with van der Waals surface area (Å²) in [6.45, 7) is 61.3. The van der Waals surface area contributed by atoms with Crippen LogP contribution >= 0.6 is 15.4 Å². The maximum atomic E-state index is 13.5. The lowest BCUT2D eigenvalue weighted by molar-refractivity contribution is -0.889. The Morgan fingerprint density at radius 3 is 0.944 bits per heavy atom. The van der Waals surface area contributed by atoms with Gasteiger partial charge in [-0.05, 0) is 416 Å². The van der Waals surface area contributed by atoms with Gasteiger partial charge in [0.1, 0.15) is 36.6 Å². The van der Waals surface area contributed by atoms with Crippen LogP contribution in [0.1, 0.15) is 379 Å². The molecule has 16 rings (SSSR count). The Bertz CT molecular complexity index is 5370. The van der Waals surface area contributed by atoms with Gasteiger partial charge in [0.05, 0.1) is 97.7 Å². The first kappa shape index (κ1) is 115. The molecule has 2 N–H and O–H groups in total. The van der Waals surface area contributed by atoms with Crippen LogP contribution in [-0.2, 0) is 75.2 Å². The smallest absolute Gasteiger partial charge is 0.370 e. The van der Waals surface area contributed by atoms with Gasteiger partial charge in [0, 0.05) is 38.0 Å². The number of hydrogen-bond donors (Lipinski definition) is 2. The van der Waals surface area contributed by atoms with Crippen molar-refractivity contribution in [2.24, 2.45) is 90.7 Å². The summed E-state index contributed by atoms with van der Waals surface area (Å²) in [7, 11) is 16.5. The SMILES string of the molecule is Cc1cc(OC(=O)C(CCCC[N+](C)(C)C)[N+](C)(C)C)cc2c1[C@]1(C)CC[C@H]3C(C)(C)CCC[C@]3(C)[C@H]1C2.Cc1cc(OC(=O)C(CCCNC(C)C)NC(C)C)cc2c1[C@]1(C)CC[C@H]3C(C)(C)CCC[C@]3(C)[C@H]1C2.Cc1cc(OC(=O)C(CCC[N+](C)(C)C)[N+](C)(C)C)cc2c1[C@]1(C)CC[C@H]3C(C)(C)CCC[C@]3(C)[C@H]1C2.Cc1cc(OP(=O)([O-])OP(C)(=O)[O-])cc2c1[C@]1(C)CC[C@H]3C(C)(C)CCC[C@]3(C)[C@H]1C2. The predicted octanol–water partition coefficient (Wildman–Crippen LogP) is 25.6. The van der Waals surface area contributed by atoms with Crippen molar-refractivity contribution >= 4 is 33.3 Å². The molecular weight excluding hydrogens is 1820 g/mol. The first-order valence-electron chi connectivity index (χ1n) is 56.6. The lowest BCUT2D eigenvalue weighted by Crippen LogP contribution is -2.55. The van der Waals surface area contributed by atoms with Gasteiger partial charge in [0.25, 0.3) is 0 Å². The molecule has 8 saturated carbocycles. The molecule has 143 heavy (non-hydrogen) atoms. The zero-order valence-electron chi connectivity index (χ0n) is 97.2. The summed E-state index contributed by atoms with van der Waals surface area (Å²) in [5, 5.41) is 6.90. The second-order valence-corrected chi connectivity index (χ2v) is 61.5. The second kappa shape index (κ2) is 41.3. The molecule has 0 heterocycles. The lowest BCUT2D eigenvalue weighted by Gasteiger charge is -2.61. The van der Waals surface area contributed by atoms with Gasteiger partial charge in [-0.2, -0.15) is 0 Å². The standard InChI is InChI=1S/C34H58N2O2.C33H56N2O2.C33H54N2O2.C23H36O6P2/c1-24-21-26(38-31(37)27(36(9,10)11)15-12-13-20-35(6,7)8)22-25-23-29-33(4)18-14-17-32(2,3)28(33)16-19-34(29,5)30(24)25;1-23-20-25(37-30(36)26(35(9,10)11)14-12-19-34(6,7)8)21-24-22-28-32(4)17-13-16-31(2,3)27(32)15-18-33(28,5)29(23)24;1-21(2)34-17-10-12-26(35-22(3)4)30(36)37-25-18-23(5)29-24(19-25)20-28-32(8)15-11-14-31(6,7)27(32)13-16-33(28,29)9;1-15-12-17(28-31(26,27)29-30(6,24)25)13-16-14-19-22(4)10-7-9-21(2,3)18(22)8-11-23(19,5)20(15)16/h21-22,27-29H,12-20,23H2,1-11H3;20-21,26-28H,12-19,22H2,1-11H3;18-19,21-22,26-28,34-35H,10-17,20H2,1-9H3;12-13,18-19H,7-11,14H2,1-6H3,(H,24,25)(H,26,27)/q2*+2;;/p-2/t27?,28-,29+,33-,34+;2*26?,27-,28+,32-,33+;18-,19+,22-,23+/m0000/s1. The van der Waals surface area contributed by atoms with E-state index in [4.69, 9.17) is 18.7 Å². The maximum absolute atomic E-state index is 13.5. The fourth-order valence-corrected chi connectivity index (χ4v) is 37.5. The van der Waals surface area contributed by atoms with Crippen LogP contribution in [0.25, 0.3) is 0 Å². The first-order chi connectivity index (χ1) is 65.6. The molecule has 21 atom stereocenters. The summed E-state index contributed by atoms with van der Waals surface area (Å²) in [4.78, 5) is 63.7. The van der Waals surface area contributed by atoms with Crippen molar-refractivity contribution in [3.05, 3.63) is 115 Å². The number of nitrogens with zero attached hydrogens (tertiary/aromatic N) is 4. The molecule has 8 fully saturated rings. The van der Waals surface area contributed by atoms with Crippen molar-refractivity contribution in [2.45, 2.75) is 417 Å². The zero-order valence-corrected chi connectivity index (χ0v) is 99.0. The Morgan fingerprint density at radius 2 is 0.657 bits per heavy atom. The van der Waals surface area contributed by atoms with E-state index >= 15 is 0 Å². The normalized spacial score (nSPS) is 32.7. The van der Waals surface area contributed by atoms with Crippen LogP contribution in [0.4, 0.5) is 0 Å². The number of ether oxygens (including phenoxy) is 3. The molecule has 804 valence electrons. The van der Waals surface area contributed by atoms with Gasteiger partial charge in [-0.1, -0.05) is 164 Å². The monoisotopic (exact) mass is 2020 g/mol. The minimum Gasteiger partial charge on any atom is -0.778 e. The number of carbonyl (C=O) groups is 3.